The van der Waals surface area contributed by atoms with Crippen LogP contribution in [0.1, 0.15) is 19.3 Å². The molecule has 2 heterocycles. The van der Waals surface area contributed by atoms with E-state index in [1.165, 1.54) is 0 Å². The Hall–Kier alpha value is -1.73. The minimum Gasteiger partial charge on any atom is -0.342 e. The Morgan fingerprint density at radius 3 is 2.67 bits per heavy atom. The number of piperidine rings is 1. The van der Waals surface area contributed by atoms with Crippen molar-refractivity contribution in [3.63, 3.8) is 0 Å². The van der Waals surface area contributed by atoms with Gasteiger partial charge in [0.2, 0.25) is 11.8 Å². The molecule has 0 aromatic heterocycles. The minimum atomic E-state index is -2.35. The highest BCUT2D eigenvalue weighted by Gasteiger charge is 2.38. The number of alkyl halides is 2. The van der Waals surface area contributed by atoms with Gasteiger partial charge in [0, 0.05) is 42.8 Å². The maximum Gasteiger partial charge on any atom is 0.251 e. The van der Waals surface area contributed by atoms with Crippen molar-refractivity contribution in [2.75, 3.05) is 38.1 Å². The van der Waals surface area contributed by atoms with Crippen LogP contribution in [-0.2, 0) is 9.59 Å². The third kappa shape index (κ3) is 4.76. The summed E-state index contributed by atoms with van der Waals surface area (Å²) in [6.45, 7) is 1.19. The van der Waals surface area contributed by atoms with E-state index in [1.807, 2.05) is 0 Å². The summed E-state index contributed by atoms with van der Waals surface area (Å²) in [5.74, 6) is -0.475. The molecule has 0 N–H and O–H groups in total. The van der Waals surface area contributed by atoms with Crippen molar-refractivity contribution in [3.05, 3.63) is 29.3 Å². The Kier molecular flexibility index (Phi) is 6.32. The molecule has 0 aliphatic carbocycles. The van der Waals surface area contributed by atoms with Gasteiger partial charge in [-0.15, -0.1) is 0 Å². The summed E-state index contributed by atoms with van der Waals surface area (Å²) < 4.78 is 25.1. The number of likely N-dealkylation sites (tertiary alicyclic amines) is 1. The van der Waals surface area contributed by atoms with Crippen LogP contribution in [-0.4, -0.2) is 67.3 Å². The highest BCUT2D eigenvalue weighted by molar-refractivity contribution is 6.31. The Bertz CT molecular complexity index is 695. The van der Waals surface area contributed by atoms with E-state index >= 15 is 0 Å². The van der Waals surface area contributed by atoms with Crippen LogP contribution in [0.3, 0.4) is 0 Å². The molecule has 1 aromatic carbocycles. The van der Waals surface area contributed by atoms with Crippen LogP contribution in [0.2, 0.25) is 5.02 Å². The average molecular weight is 400 g/mol. The summed E-state index contributed by atoms with van der Waals surface area (Å²) in [6.07, 6.45) is -0.811. The lowest BCUT2D eigenvalue weighted by Crippen LogP contribution is -2.48. The van der Waals surface area contributed by atoms with Crippen molar-refractivity contribution in [3.8, 4) is 0 Å². The Balaban J connectivity index is 1.56. The second-order valence-corrected chi connectivity index (χ2v) is 7.71. The third-order valence-corrected chi connectivity index (χ3v) is 5.65. The first-order valence-corrected chi connectivity index (χ1v) is 9.56. The monoisotopic (exact) mass is 399 g/mol. The number of amides is 2. The summed E-state index contributed by atoms with van der Waals surface area (Å²) in [7, 11) is 1.70. The average Bonchev–Trinajstić information content (AvgIpc) is 3.02. The van der Waals surface area contributed by atoms with Gasteiger partial charge in [0.25, 0.3) is 6.43 Å². The molecule has 5 nitrogen and oxygen atoms in total. The van der Waals surface area contributed by atoms with Crippen LogP contribution in [0.25, 0.3) is 0 Å². The smallest absolute Gasteiger partial charge is 0.251 e. The lowest BCUT2D eigenvalue weighted by atomic mass is 10.0. The van der Waals surface area contributed by atoms with Crippen LogP contribution in [0.5, 0.6) is 0 Å². The summed E-state index contributed by atoms with van der Waals surface area (Å²) in [6, 6.07) is 7.11. The number of carbonyl (C=O) groups excluding carboxylic acids is 2. The number of carbonyl (C=O) groups is 2. The van der Waals surface area contributed by atoms with Gasteiger partial charge in [-0.05, 0) is 38.1 Å². The van der Waals surface area contributed by atoms with E-state index in [-0.39, 0.29) is 36.7 Å². The highest BCUT2D eigenvalue weighted by Crippen LogP contribution is 2.29. The molecule has 0 unspecified atom stereocenters. The largest absolute Gasteiger partial charge is 0.342 e. The van der Waals surface area contributed by atoms with E-state index in [4.69, 9.17) is 11.6 Å². The van der Waals surface area contributed by atoms with Crippen LogP contribution in [0.4, 0.5) is 14.5 Å². The van der Waals surface area contributed by atoms with Crippen molar-refractivity contribution < 1.29 is 18.4 Å². The van der Waals surface area contributed by atoms with Crippen LogP contribution < -0.4 is 4.90 Å². The van der Waals surface area contributed by atoms with Crippen molar-refractivity contribution in [1.82, 2.24) is 9.80 Å². The van der Waals surface area contributed by atoms with E-state index in [2.05, 4.69) is 0 Å². The Morgan fingerprint density at radius 1 is 1.33 bits per heavy atom. The standard InChI is InChI=1S/C19H24ClF2N3O2/c1-23(12-17(21)22)15-5-7-24(8-6-15)19(27)13-9-18(26)25(11-13)16-4-2-3-14(20)10-16/h2-4,10,13,15,17H,5-9,11-12H2,1H3/t13-/m0/s1. The molecule has 2 fully saturated rings. The fourth-order valence-corrected chi connectivity index (χ4v) is 4.10. The normalized spacial score (nSPS) is 21.6. The molecule has 1 atom stereocenters. The molecule has 8 heteroatoms. The maximum atomic E-state index is 12.8. The van der Waals surface area contributed by atoms with E-state index < -0.39 is 6.43 Å². The second kappa shape index (κ2) is 8.52. The van der Waals surface area contributed by atoms with Gasteiger partial charge in [0.15, 0.2) is 0 Å². The Morgan fingerprint density at radius 2 is 2.04 bits per heavy atom. The Labute approximate surface area is 162 Å². The molecular formula is C19H24ClF2N3O2. The molecule has 0 radical (unpaired) electrons. The molecule has 2 amide bonds. The number of nitrogens with zero attached hydrogens (tertiary/aromatic N) is 3. The first kappa shape index (κ1) is 20.0. The number of hydrogen-bond donors (Lipinski definition) is 0. The van der Waals surface area contributed by atoms with Gasteiger partial charge < -0.3 is 9.80 Å². The van der Waals surface area contributed by atoms with E-state index in [0.29, 0.717) is 43.2 Å². The number of hydrogen-bond acceptors (Lipinski definition) is 3. The van der Waals surface area contributed by atoms with Gasteiger partial charge >= 0.3 is 0 Å². The van der Waals surface area contributed by atoms with E-state index in [9.17, 15) is 18.4 Å². The van der Waals surface area contributed by atoms with E-state index in [0.717, 1.165) is 0 Å². The summed E-state index contributed by atoms with van der Waals surface area (Å²) >= 11 is 6.00. The van der Waals surface area contributed by atoms with Crippen LogP contribution in [0.15, 0.2) is 24.3 Å². The molecule has 2 saturated heterocycles. The molecule has 2 aliphatic rings. The summed E-state index contributed by atoms with van der Waals surface area (Å²) in [4.78, 5) is 30.2. The van der Waals surface area contributed by atoms with Gasteiger partial charge in [0.1, 0.15) is 0 Å². The number of anilines is 1. The molecule has 1 aromatic rings. The van der Waals surface area contributed by atoms with Crippen molar-refractivity contribution in [1.29, 1.82) is 0 Å². The highest BCUT2D eigenvalue weighted by atomic mass is 35.5. The molecule has 3 rings (SSSR count). The number of benzene rings is 1. The number of rotatable bonds is 5. The number of halogens is 3. The first-order chi connectivity index (χ1) is 12.8. The lowest BCUT2D eigenvalue weighted by Gasteiger charge is -2.37. The summed E-state index contributed by atoms with van der Waals surface area (Å²) in [5.41, 5.74) is 0.704. The van der Waals surface area contributed by atoms with Gasteiger partial charge in [-0.25, -0.2) is 8.78 Å². The van der Waals surface area contributed by atoms with Gasteiger partial charge in [-0.3, -0.25) is 14.5 Å². The quantitative estimate of drug-likeness (QED) is 0.764. The molecule has 0 bridgehead atoms. The predicted molar refractivity (Wildman–Crippen MR) is 100 cm³/mol. The van der Waals surface area contributed by atoms with Crippen molar-refractivity contribution in [2.45, 2.75) is 31.7 Å². The lowest BCUT2D eigenvalue weighted by molar-refractivity contribution is -0.137. The fraction of sp³-hybridized carbons (Fsp3) is 0.579. The van der Waals surface area contributed by atoms with E-state index in [1.54, 1.807) is 46.0 Å². The van der Waals surface area contributed by atoms with Gasteiger partial charge in [-0.1, -0.05) is 17.7 Å². The molecular weight excluding hydrogens is 376 g/mol. The molecule has 0 spiro atoms. The fourth-order valence-electron chi connectivity index (χ4n) is 3.92. The topological polar surface area (TPSA) is 43.9 Å². The summed E-state index contributed by atoms with van der Waals surface area (Å²) in [5, 5.41) is 0.546. The second-order valence-electron chi connectivity index (χ2n) is 7.27. The first-order valence-electron chi connectivity index (χ1n) is 9.18. The third-order valence-electron chi connectivity index (χ3n) is 5.42. The SMILES string of the molecule is CN(CC(F)F)C1CCN(C(=O)[C@H]2CC(=O)N(c3cccc(Cl)c3)C2)CC1. The minimum absolute atomic E-state index is 0.0251. The predicted octanol–water partition coefficient (Wildman–Crippen LogP) is 2.88. The van der Waals surface area contributed by atoms with Gasteiger partial charge in [0.05, 0.1) is 12.5 Å². The zero-order valence-corrected chi connectivity index (χ0v) is 16.0. The van der Waals surface area contributed by atoms with Crippen molar-refractivity contribution in [2.24, 2.45) is 5.92 Å². The molecule has 2 aliphatic heterocycles. The molecule has 148 valence electrons. The van der Waals surface area contributed by atoms with Crippen LogP contribution in [0, 0.1) is 5.92 Å². The molecule has 27 heavy (non-hydrogen) atoms. The van der Waals surface area contributed by atoms with Crippen LogP contribution >= 0.6 is 11.6 Å². The van der Waals surface area contributed by atoms with Crippen molar-refractivity contribution >= 4 is 29.1 Å². The zero-order chi connectivity index (χ0) is 19.6. The van der Waals surface area contributed by atoms with Gasteiger partial charge in [-0.2, -0.15) is 0 Å². The maximum absolute atomic E-state index is 12.8. The zero-order valence-electron chi connectivity index (χ0n) is 15.3. The molecule has 0 saturated carbocycles.